The zero-order chi connectivity index (χ0) is 17.3. The van der Waals surface area contributed by atoms with E-state index in [2.05, 4.69) is 4.98 Å². The van der Waals surface area contributed by atoms with Crippen molar-refractivity contribution in [2.75, 3.05) is 13.3 Å². The molecule has 0 aliphatic rings. The molecule has 3 aromatic rings. The Morgan fingerprint density at radius 1 is 1.04 bits per heavy atom. The summed E-state index contributed by atoms with van der Waals surface area (Å²) in [6, 6.07) is 15.2. The molecule has 6 nitrogen and oxygen atoms in total. The van der Waals surface area contributed by atoms with Gasteiger partial charge in [0.25, 0.3) is 0 Å². The average molecular weight is 345 g/mol. The molecule has 1 heterocycles. The largest absolute Gasteiger partial charge is 0.326 e. The molecule has 126 valence electrons. The van der Waals surface area contributed by atoms with Crippen molar-refractivity contribution < 1.29 is 8.42 Å². The normalized spacial score (nSPS) is 12.1. The van der Waals surface area contributed by atoms with Crippen LogP contribution in [0.4, 0.5) is 0 Å². The minimum absolute atomic E-state index is 0.142. The van der Waals surface area contributed by atoms with Crippen LogP contribution in [-0.2, 0) is 23.1 Å². The SMILES string of the molecule is CN(Cc1ccc(Cn2c(=O)[nH]c3ccccc32)cc1)S(C)(=O)=O. The molecule has 7 heteroatoms. The molecule has 0 saturated carbocycles. The molecule has 1 aromatic heterocycles. The van der Waals surface area contributed by atoms with Gasteiger partial charge in [0.2, 0.25) is 10.0 Å². The van der Waals surface area contributed by atoms with Crippen LogP contribution in [-0.4, -0.2) is 35.6 Å². The maximum atomic E-state index is 12.1. The van der Waals surface area contributed by atoms with E-state index in [0.717, 1.165) is 22.2 Å². The highest BCUT2D eigenvalue weighted by atomic mass is 32.2. The molecule has 0 atom stereocenters. The number of sulfonamides is 1. The van der Waals surface area contributed by atoms with Crippen molar-refractivity contribution >= 4 is 21.1 Å². The monoisotopic (exact) mass is 345 g/mol. The van der Waals surface area contributed by atoms with Crippen molar-refractivity contribution in [3.05, 3.63) is 70.1 Å². The number of imidazole rings is 1. The van der Waals surface area contributed by atoms with E-state index < -0.39 is 10.0 Å². The maximum absolute atomic E-state index is 12.1. The molecule has 24 heavy (non-hydrogen) atoms. The first kappa shape index (κ1) is 16.5. The van der Waals surface area contributed by atoms with E-state index in [1.165, 1.54) is 10.6 Å². The summed E-state index contributed by atoms with van der Waals surface area (Å²) in [5.41, 5.74) is 3.42. The van der Waals surface area contributed by atoms with Crippen molar-refractivity contribution in [2.24, 2.45) is 0 Å². The minimum Gasteiger partial charge on any atom is -0.306 e. The number of para-hydroxylation sites is 2. The average Bonchev–Trinajstić information content (AvgIpc) is 2.84. The lowest BCUT2D eigenvalue weighted by Crippen LogP contribution is -2.24. The first-order valence-corrected chi connectivity index (χ1v) is 9.36. The highest BCUT2D eigenvalue weighted by molar-refractivity contribution is 7.88. The Kier molecular flexibility index (Phi) is 4.29. The quantitative estimate of drug-likeness (QED) is 0.766. The van der Waals surface area contributed by atoms with Crippen molar-refractivity contribution in [2.45, 2.75) is 13.1 Å². The number of rotatable bonds is 5. The van der Waals surface area contributed by atoms with Crippen LogP contribution in [0, 0.1) is 0 Å². The van der Waals surface area contributed by atoms with Gasteiger partial charge in [-0.25, -0.2) is 17.5 Å². The summed E-state index contributed by atoms with van der Waals surface area (Å²) in [6.45, 7) is 0.789. The Morgan fingerprint density at radius 2 is 1.67 bits per heavy atom. The van der Waals surface area contributed by atoms with Gasteiger partial charge in [0, 0.05) is 13.6 Å². The summed E-state index contributed by atoms with van der Waals surface area (Å²) in [7, 11) is -1.65. The van der Waals surface area contributed by atoms with Crippen LogP contribution in [0.2, 0.25) is 0 Å². The third kappa shape index (κ3) is 3.42. The van der Waals surface area contributed by atoms with E-state index >= 15 is 0 Å². The zero-order valence-corrected chi connectivity index (χ0v) is 14.4. The Bertz CT molecular complexity index is 1020. The third-order valence-corrected chi connectivity index (χ3v) is 5.28. The Balaban J connectivity index is 1.81. The van der Waals surface area contributed by atoms with Crippen LogP contribution >= 0.6 is 0 Å². The van der Waals surface area contributed by atoms with Gasteiger partial charge in [-0.2, -0.15) is 0 Å². The Morgan fingerprint density at radius 3 is 2.33 bits per heavy atom. The van der Waals surface area contributed by atoms with Gasteiger partial charge in [-0.1, -0.05) is 36.4 Å². The highest BCUT2D eigenvalue weighted by Crippen LogP contribution is 2.13. The molecule has 0 fully saturated rings. The molecule has 0 spiro atoms. The molecule has 1 N–H and O–H groups in total. The van der Waals surface area contributed by atoms with Crippen LogP contribution in [0.15, 0.2) is 53.3 Å². The lowest BCUT2D eigenvalue weighted by atomic mass is 10.1. The molecular formula is C17H19N3O3S. The summed E-state index contributed by atoms with van der Waals surface area (Å²) < 4.78 is 25.9. The fourth-order valence-corrected chi connectivity index (χ4v) is 2.95. The number of H-pyrrole nitrogens is 1. The van der Waals surface area contributed by atoms with E-state index in [1.807, 2.05) is 48.5 Å². The van der Waals surface area contributed by atoms with Gasteiger partial charge >= 0.3 is 5.69 Å². The number of aromatic amines is 1. The van der Waals surface area contributed by atoms with Crippen LogP contribution in [0.1, 0.15) is 11.1 Å². The second-order valence-electron chi connectivity index (χ2n) is 5.87. The van der Waals surface area contributed by atoms with Crippen LogP contribution < -0.4 is 5.69 Å². The summed E-state index contributed by atoms with van der Waals surface area (Å²) in [5, 5.41) is 0. The lowest BCUT2D eigenvalue weighted by molar-refractivity contribution is 0.472. The lowest BCUT2D eigenvalue weighted by Gasteiger charge is -2.14. The van der Waals surface area contributed by atoms with Gasteiger partial charge in [-0.05, 0) is 23.3 Å². The molecule has 0 amide bonds. The van der Waals surface area contributed by atoms with Crippen LogP contribution in [0.5, 0.6) is 0 Å². The van der Waals surface area contributed by atoms with Gasteiger partial charge < -0.3 is 4.98 Å². The van der Waals surface area contributed by atoms with E-state index in [-0.39, 0.29) is 5.69 Å². The predicted octanol–water partition coefficient (Wildman–Crippen LogP) is 1.77. The molecule has 3 rings (SSSR count). The number of fused-ring (bicyclic) bond motifs is 1. The Hall–Kier alpha value is -2.38. The molecule has 0 radical (unpaired) electrons. The number of hydrogen-bond donors (Lipinski definition) is 1. The summed E-state index contributed by atoms with van der Waals surface area (Å²) in [5.74, 6) is 0. The van der Waals surface area contributed by atoms with Crippen LogP contribution in [0.25, 0.3) is 11.0 Å². The summed E-state index contributed by atoms with van der Waals surface area (Å²) in [6.07, 6.45) is 1.19. The van der Waals surface area contributed by atoms with Crippen molar-refractivity contribution in [3.8, 4) is 0 Å². The molecule has 0 saturated heterocycles. The molecule has 0 aliphatic carbocycles. The maximum Gasteiger partial charge on any atom is 0.326 e. The third-order valence-electron chi connectivity index (χ3n) is 4.02. The molecular weight excluding hydrogens is 326 g/mol. The molecule has 0 aliphatic heterocycles. The van der Waals surface area contributed by atoms with Gasteiger partial charge in [0.15, 0.2) is 0 Å². The van der Waals surface area contributed by atoms with E-state index in [0.29, 0.717) is 13.1 Å². The smallest absolute Gasteiger partial charge is 0.306 e. The number of nitrogens with zero attached hydrogens (tertiary/aromatic N) is 2. The molecule has 0 bridgehead atoms. The van der Waals surface area contributed by atoms with Gasteiger partial charge in [0.1, 0.15) is 0 Å². The van der Waals surface area contributed by atoms with E-state index in [4.69, 9.17) is 0 Å². The number of hydrogen-bond acceptors (Lipinski definition) is 3. The van der Waals surface area contributed by atoms with Gasteiger partial charge in [-0.15, -0.1) is 0 Å². The van der Waals surface area contributed by atoms with Crippen molar-refractivity contribution in [3.63, 3.8) is 0 Å². The number of benzene rings is 2. The minimum atomic E-state index is -3.20. The van der Waals surface area contributed by atoms with Crippen LogP contribution in [0.3, 0.4) is 0 Å². The van der Waals surface area contributed by atoms with E-state index in [1.54, 1.807) is 11.6 Å². The second-order valence-corrected chi connectivity index (χ2v) is 7.96. The fourth-order valence-electron chi connectivity index (χ4n) is 2.57. The Labute approximate surface area is 140 Å². The van der Waals surface area contributed by atoms with Gasteiger partial charge in [0.05, 0.1) is 23.8 Å². The number of aromatic nitrogens is 2. The first-order valence-electron chi connectivity index (χ1n) is 7.51. The standard InChI is InChI=1S/C17H19N3O3S/c1-19(24(2,22)23)11-13-7-9-14(10-8-13)12-20-16-6-4-3-5-15(16)18-17(20)21/h3-10H,11-12H2,1-2H3,(H,18,21). The fraction of sp³-hybridized carbons (Fsp3) is 0.235. The van der Waals surface area contributed by atoms with Gasteiger partial charge in [-0.3, -0.25) is 4.57 Å². The summed E-state index contributed by atoms with van der Waals surface area (Å²) in [4.78, 5) is 14.9. The van der Waals surface area contributed by atoms with E-state index in [9.17, 15) is 13.2 Å². The topological polar surface area (TPSA) is 75.2 Å². The zero-order valence-electron chi connectivity index (χ0n) is 13.6. The molecule has 2 aromatic carbocycles. The molecule has 0 unspecified atom stereocenters. The predicted molar refractivity (Wildman–Crippen MR) is 94.4 cm³/mol. The van der Waals surface area contributed by atoms with Crippen molar-refractivity contribution in [1.82, 2.24) is 13.9 Å². The second kappa shape index (κ2) is 6.26. The number of nitrogens with one attached hydrogen (secondary N) is 1. The van der Waals surface area contributed by atoms with Crippen molar-refractivity contribution in [1.29, 1.82) is 0 Å². The highest BCUT2D eigenvalue weighted by Gasteiger charge is 2.11. The first-order chi connectivity index (χ1) is 11.3. The summed E-state index contributed by atoms with van der Waals surface area (Å²) >= 11 is 0.